The van der Waals surface area contributed by atoms with Crippen LogP contribution in [-0.2, 0) is 4.74 Å². The zero-order valence-corrected chi connectivity index (χ0v) is 10.7. The Bertz CT molecular complexity index is 426. The van der Waals surface area contributed by atoms with E-state index in [1.807, 2.05) is 25.1 Å². The molecule has 0 amide bonds. The average molecular weight is 248 g/mol. The van der Waals surface area contributed by atoms with E-state index in [0.717, 1.165) is 25.0 Å². The van der Waals surface area contributed by atoms with Gasteiger partial charge in [0.1, 0.15) is 18.2 Å². The Balaban J connectivity index is 2.01. The van der Waals surface area contributed by atoms with Crippen LogP contribution in [0.25, 0.3) is 0 Å². The molecular formula is C14H20N2O2. The fourth-order valence-electron chi connectivity index (χ4n) is 2.10. The van der Waals surface area contributed by atoms with Crippen molar-refractivity contribution in [2.24, 2.45) is 5.73 Å². The molecule has 1 aromatic rings. The maximum Gasteiger partial charge on any atom is 0.130 e. The van der Waals surface area contributed by atoms with Crippen molar-refractivity contribution in [2.45, 2.75) is 32.3 Å². The Kier molecular flexibility index (Phi) is 4.20. The second kappa shape index (κ2) is 5.87. The van der Waals surface area contributed by atoms with Gasteiger partial charge in [0.25, 0.3) is 0 Å². The summed E-state index contributed by atoms with van der Waals surface area (Å²) in [6.07, 6.45) is 3.54. The zero-order valence-electron chi connectivity index (χ0n) is 10.7. The predicted octanol–water partition coefficient (Wildman–Crippen LogP) is 2.23. The van der Waals surface area contributed by atoms with E-state index in [1.165, 1.54) is 6.42 Å². The lowest BCUT2D eigenvalue weighted by Gasteiger charge is -2.23. The maximum atomic E-state index is 7.56. The lowest BCUT2D eigenvalue weighted by Crippen LogP contribution is -2.26. The molecule has 0 radical (unpaired) electrons. The summed E-state index contributed by atoms with van der Waals surface area (Å²) in [5, 5.41) is 7.56. The van der Waals surface area contributed by atoms with E-state index in [1.54, 1.807) is 0 Å². The fourth-order valence-corrected chi connectivity index (χ4v) is 2.10. The number of hydrogen-bond donors (Lipinski definition) is 2. The van der Waals surface area contributed by atoms with Crippen LogP contribution in [0.5, 0.6) is 5.75 Å². The van der Waals surface area contributed by atoms with Gasteiger partial charge in [0.2, 0.25) is 0 Å². The van der Waals surface area contributed by atoms with Crippen molar-refractivity contribution < 1.29 is 9.47 Å². The van der Waals surface area contributed by atoms with E-state index in [2.05, 4.69) is 0 Å². The van der Waals surface area contributed by atoms with Gasteiger partial charge in [-0.05, 0) is 38.3 Å². The Morgan fingerprint density at radius 3 is 3.00 bits per heavy atom. The monoisotopic (exact) mass is 248 g/mol. The number of nitrogens with one attached hydrogen (secondary N) is 1. The number of benzene rings is 1. The molecule has 0 spiro atoms. The Labute approximate surface area is 108 Å². The van der Waals surface area contributed by atoms with Crippen LogP contribution >= 0.6 is 0 Å². The predicted molar refractivity (Wildman–Crippen MR) is 71.3 cm³/mol. The van der Waals surface area contributed by atoms with Gasteiger partial charge in [0.15, 0.2) is 0 Å². The highest BCUT2D eigenvalue weighted by molar-refractivity contribution is 5.97. The summed E-state index contributed by atoms with van der Waals surface area (Å²) in [5.41, 5.74) is 7.29. The van der Waals surface area contributed by atoms with Crippen LogP contribution in [0.1, 0.15) is 30.4 Å². The molecule has 1 atom stereocenters. The summed E-state index contributed by atoms with van der Waals surface area (Å²) in [5.74, 6) is 0.709. The molecule has 4 nitrogen and oxygen atoms in total. The van der Waals surface area contributed by atoms with Gasteiger partial charge in [-0.25, -0.2) is 0 Å². The first-order chi connectivity index (χ1) is 8.66. The first kappa shape index (κ1) is 12.9. The van der Waals surface area contributed by atoms with Crippen molar-refractivity contribution in [1.82, 2.24) is 0 Å². The van der Waals surface area contributed by atoms with Gasteiger partial charge < -0.3 is 15.2 Å². The highest BCUT2D eigenvalue weighted by Crippen LogP contribution is 2.21. The zero-order chi connectivity index (χ0) is 13.0. The number of nitrogens with two attached hydrogens (primary N) is 1. The maximum absolute atomic E-state index is 7.56. The molecule has 1 aromatic carbocycles. The molecular weight excluding hydrogens is 228 g/mol. The Hall–Kier alpha value is -1.55. The van der Waals surface area contributed by atoms with Crippen LogP contribution in [0, 0.1) is 12.3 Å². The quantitative estimate of drug-likeness (QED) is 0.634. The number of rotatable bonds is 4. The number of aryl methyl sites for hydroxylation is 1. The van der Waals surface area contributed by atoms with Crippen molar-refractivity contribution in [1.29, 1.82) is 5.41 Å². The summed E-state index contributed by atoms with van der Waals surface area (Å²) in [7, 11) is 0. The van der Waals surface area contributed by atoms with E-state index >= 15 is 0 Å². The molecule has 3 N–H and O–H groups in total. The first-order valence-electron chi connectivity index (χ1n) is 6.36. The fraction of sp³-hybridized carbons (Fsp3) is 0.500. The molecule has 0 saturated carbocycles. The summed E-state index contributed by atoms with van der Waals surface area (Å²) in [6, 6.07) is 5.71. The Morgan fingerprint density at radius 2 is 2.33 bits per heavy atom. The summed E-state index contributed by atoms with van der Waals surface area (Å²) >= 11 is 0. The van der Waals surface area contributed by atoms with Crippen LogP contribution in [0.2, 0.25) is 0 Å². The summed E-state index contributed by atoms with van der Waals surface area (Å²) in [6.45, 7) is 3.32. The van der Waals surface area contributed by atoms with E-state index < -0.39 is 0 Å². The van der Waals surface area contributed by atoms with Gasteiger partial charge >= 0.3 is 0 Å². The highest BCUT2D eigenvalue weighted by atomic mass is 16.5. The molecule has 2 rings (SSSR count). The lowest BCUT2D eigenvalue weighted by molar-refractivity contribution is -0.0111. The molecule has 1 aliphatic heterocycles. The van der Waals surface area contributed by atoms with Gasteiger partial charge in [0.05, 0.1) is 11.7 Å². The minimum atomic E-state index is 0.0401. The third kappa shape index (κ3) is 3.23. The summed E-state index contributed by atoms with van der Waals surface area (Å²) < 4.78 is 11.4. The van der Waals surface area contributed by atoms with Crippen LogP contribution in [0.3, 0.4) is 0 Å². The second-order valence-electron chi connectivity index (χ2n) is 4.71. The normalized spacial score (nSPS) is 19.5. The molecule has 0 bridgehead atoms. The Morgan fingerprint density at radius 1 is 1.50 bits per heavy atom. The molecule has 0 aliphatic carbocycles. The molecule has 4 heteroatoms. The third-order valence-corrected chi connectivity index (χ3v) is 3.12. The van der Waals surface area contributed by atoms with E-state index in [-0.39, 0.29) is 11.9 Å². The minimum absolute atomic E-state index is 0.0401. The topological polar surface area (TPSA) is 68.3 Å². The van der Waals surface area contributed by atoms with Crippen molar-refractivity contribution in [2.75, 3.05) is 13.2 Å². The van der Waals surface area contributed by atoms with Crippen molar-refractivity contribution in [3.63, 3.8) is 0 Å². The molecule has 1 saturated heterocycles. The standard InChI is InChI=1S/C14H20N2O2/c1-10-5-6-13(12(8-10)14(15)16)18-9-11-4-2-3-7-17-11/h5-6,8,11H,2-4,7,9H2,1H3,(H3,15,16). The molecule has 1 heterocycles. The molecule has 1 aliphatic rings. The number of hydrogen-bond acceptors (Lipinski definition) is 3. The second-order valence-corrected chi connectivity index (χ2v) is 4.71. The number of nitrogen functional groups attached to an aromatic ring is 1. The minimum Gasteiger partial charge on any atom is -0.490 e. The van der Waals surface area contributed by atoms with Gasteiger partial charge in [-0.15, -0.1) is 0 Å². The van der Waals surface area contributed by atoms with E-state index in [4.69, 9.17) is 20.6 Å². The van der Waals surface area contributed by atoms with E-state index in [9.17, 15) is 0 Å². The van der Waals surface area contributed by atoms with Gasteiger partial charge in [-0.1, -0.05) is 11.6 Å². The SMILES string of the molecule is Cc1ccc(OCC2CCCCO2)c(C(=N)N)c1. The van der Waals surface area contributed by atoms with Crippen LogP contribution in [0.4, 0.5) is 0 Å². The van der Waals surface area contributed by atoms with E-state index in [0.29, 0.717) is 17.9 Å². The van der Waals surface area contributed by atoms with Crippen LogP contribution < -0.4 is 10.5 Å². The third-order valence-electron chi connectivity index (χ3n) is 3.12. The highest BCUT2D eigenvalue weighted by Gasteiger charge is 2.15. The van der Waals surface area contributed by atoms with Gasteiger partial charge in [0, 0.05) is 6.61 Å². The van der Waals surface area contributed by atoms with Crippen LogP contribution in [0.15, 0.2) is 18.2 Å². The first-order valence-corrected chi connectivity index (χ1v) is 6.36. The van der Waals surface area contributed by atoms with Gasteiger partial charge in [-0.2, -0.15) is 0 Å². The van der Waals surface area contributed by atoms with Crippen LogP contribution in [-0.4, -0.2) is 25.2 Å². The van der Waals surface area contributed by atoms with Crippen molar-refractivity contribution in [3.05, 3.63) is 29.3 Å². The number of amidine groups is 1. The molecule has 18 heavy (non-hydrogen) atoms. The molecule has 1 fully saturated rings. The summed E-state index contributed by atoms with van der Waals surface area (Å²) in [4.78, 5) is 0. The van der Waals surface area contributed by atoms with Gasteiger partial charge in [-0.3, -0.25) is 5.41 Å². The smallest absolute Gasteiger partial charge is 0.130 e. The van der Waals surface area contributed by atoms with Crippen molar-refractivity contribution >= 4 is 5.84 Å². The number of ether oxygens (including phenoxy) is 2. The van der Waals surface area contributed by atoms with Crippen molar-refractivity contribution in [3.8, 4) is 5.75 Å². The molecule has 0 aromatic heterocycles. The molecule has 98 valence electrons. The largest absolute Gasteiger partial charge is 0.490 e. The lowest BCUT2D eigenvalue weighted by atomic mass is 10.1. The molecule has 1 unspecified atom stereocenters. The average Bonchev–Trinajstić information content (AvgIpc) is 2.38.